The van der Waals surface area contributed by atoms with Crippen molar-refractivity contribution in [2.45, 2.75) is 31.1 Å². The molecule has 1 rings (SSSR count). The zero-order chi connectivity index (χ0) is 12.2. The van der Waals surface area contributed by atoms with Gasteiger partial charge in [0, 0.05) is 16.2 Å². The molecule has 0 saturated heterocycles. The predicted molar refractivity (Wildman–Crippen MR) is 69.5 cm³/mol. The Morgan fingerprint density at radius 1 is 1.31 bits per heavy atom. The lowest BCUT2D eigenvalue weighted by Gasteiger charge is -2.22. The fourth-order valence-corrected chi connectivity index (χ4v) is 2.22. The first-order chi connectivity index (χ1) is 7.49. The van der Waals surface area contributed by atoms with E-state index in [1.807, 2.05) is 12.1 Å². The van der Waals surface area contributed by atoms with E-state index in [4.69, 9.17) is 9.84 Å². The Bertz CT molecular complexity index is 342. The van der Waals surface area contributed by atoms with Crippen molar-refractivity contribution in [3.63, 3.8) is 0 Å². The second kappa shape index (κ2) is 5.60. The number of aliphatic hydroxyl groups excluding tert-OH is 1. The van der Waals surface area contributed by atoms with Crippen LogP contribution in [-0.4, -0.2) is 24.6 Å². The quantitative estimate of drug-likeness (QED) is 0.820. The van der Waals surface area contributed by atoms with Crippen LogP contribution in [0.25, 0.3) is 0 Å². The Labute approximate surface area is 102 Å². The molecular weight excluding hydrogens is 220 g/mol. The highest BCUT2D eigenvalue weighted by Crippen LogP contribution is 2.34. The smallest absolute Gasteiger partial charge is 0.122 e. The van der Waals surface area contributed by atoms with Crippen molar-refractivity contribution < 1.29 is 9.84 Å². The molecule has 0 atom stereocenters. The normalized spacial score (nSPS) is 11.6. The molecule has 0 saturated carbocycles. The monoisotopic (exact) mass is 240 g/mol. The van der Waals surface area contributed by atoms with E-state index in [2.05, 4.69) is 26.8 Å². The molecule has 0 spiro atoms. The second-order valence-corrected chi connectivity index (χ2v) is 5.85. The summed E-state index contributed by atoms with van der Waals surface area (Å²) in [4.78, 5) is 1.18. The van der Waals surface area contributed by atoms with Gasteiger partial charge in [0.05, 0.1) is 13.7 Å². The Kier molecular flexibility index (Phi) is 4.69. The van der Waals surface area contributed by atoms with Gasteiger partial charge < -0.3 is 9.84 Å². The van der Waals surface area contributed by atoms with E-state index in [1.54, 1.807) is 18.9 Å². The minimum absolute atomic E-state index is 0.0706. The molecule has 0 aromatic heterocycles. The standard InChI is InChI=1S/C13H20O2S/c1-13(2,3)11-9-10(16-8-7-14)5-6-12(11)15-4/h5-6,9,14H,7-8H2,1-4H3. The minimum atomic E-state index is 0.0706. The summed E-state index contributed by atoms with van der Waals surface area (Å²) in [5.41, 5.74) is 1.28. The Morgan fingerprint density at radius 3 is 2.50 bits per heavy atom. The molecule has 0 bridgehead atoms. The highest BCUT2D eigenvalue weighted by atomic mass is 32.2. The van der Waals surface area contributed by atoms with E-state index in [-0.39, 0.29) is 12.0 Å². The van der Waals surface area contributed by atoms with Crippen LogP contribution >= 0.6 is 11.8 Å². The minimum Gasteiger partial charge on any atom is -0.496 e. The first kappa shape index (κ1) is 13.4. The molecule has 0 unspecified atom stereocenters. The van der Waals surface area contributed by atoms with Crippen molar-refractivity contribution in [3.8, 4) is 5.75 Å². The summed E-state index contributed by atoms with van der Waals surface area (Å²) in [6.07, 6.45) is 0. The maximum atomic E-state index is 8.81. The zero-order valence-electron chi connectivity index (χ0n) is 10.4. The van der Waals surface area contributed by atoms with Gasteiger partial charge in [0.15, 0.2) is 0 Å². The molecule has 3 heteroatoms. The first-order valence-corrected chi connectivity index (χ1v) is 6.40. The molecule has 0 aliphatic rings. The van der Waals surface area contributed by atoms with Crippen molar-refractivity contribution in [1.29, 1.82) is 0 Å². The molecule has 0 radical (unpaired) electrons. The van der Waals surface area contributed by atoms with E-state index in [0.717, 1.165) is 11.5 Å². The zero-order valence-corrected chi connectivity index (χ0v) is 11.2. The second-order valence-electron chi connectivity index (χ2n) is 4.68. The third kappa shape index (κ3) is 3.42. The molecule has 0 aliphatic carbocycles. The van der Waals surface area contributed by atoms with E-state index in [0.29, 0.717) is 0 Å². The van der Waals surface area contributed by atoms with Gasteiger partial charge in [0.1, 0.15) is 5.75 Å². The van der Waals surface area contributed by atoms with Crippen LogP contribution in [0.4, 0.5) is 0 Å². The topological polar surface area (TPSA) is 29.5 Å². The largest absolute Gasteiger partial charge is 0.496 e. The number of ether oxygens (including phenoxy) is 1. The lowest BCUT2D eigenvalue weighted by Crippen LogP contribution is -2.12. The summed E-state index contributed by atoms with van der Waals surface area (Å²) in [7, 11) is 1.70. The van der Waals surface area contributed by atoms with E-state index >= 15 is 0 Å². The molecule has 16 heavy (non-hydrogen) atoms. The molecular formula is C13H20O2S. The van der Waals surface area contributed by atoms with Crippen molar-refractivity contribution in [3.05, 3.63) is 23.8 Å². The SMILES string of the molecule is COc1ccc(SCCO)cc1C(C)(C)C. The maximum absolute atomic E-state index is 8.81. The van der Waals surface area contributed by atoms with Gasteiger partial charge in [-0.1, -0.05) is 20.8 Å². The van der Waals surface area contributed by atoms with Crippen LogP contribution in [0.5, 0.6) is 5.75 Å². The molecule has 0 aliphatic heterocycles. The summed E-state index contributed by atoms with van der Waals surface area (Å²) in [6, 6.07) is 6.19. The first-order valence-electron chi connectivity index (χ1n) is 5.41. The number of thioether (sulfide) groups is 1. The van der Waals surface area contributed by atoms with Crippen LogP contribution in [0.1, 0.15) is 26.3 Å². The highest BCUT2D eigenvalue weighted by molar-refractivity contribution is 7.99. The van der Waals surface area contributed by atoms with E-state index in [1.165, 1.54) is 10.5 Å². The van der Waals surface area contributed by atoms with Gasteiger partial charge >= 0.3 is 0 Å². The van der Waals surface area contributed by atoms with Gasteiger partial charge in [-0.2, -0.15) is 0 Å². The van der Waals surface area contributed by atoms with Crippen molar-refractivity contribution in [2.75, 3.05) is 19.5 Å². The summed E-state index contributed by atoms with van der Waals surface area (Å²) in [6.45, 7) is 6.73. The van der Waals surface area contributed by atoms with Gasteiger partial charge in [0.25, 0.3) is 0 Å². The number of aliphatic hydroxyl groups is 1. The summed E-state index contributed by atoms with van der Waals surface area (Å²) < 4.78 is 5.37. The van der Waals surface area contributed by atoms with Crippen molar-refractivity contribution >= 4 is 11.8 Å². The van der Waals surface area contributed by atoms with Gasteiger partial charge in [-0.15, -0.1) is 11.8 Å². The van der Waals surface area contributed by atoms with Gasteiger partial charge in [-0.25, -0.2) is 0 Å². The molecule has 0 heterocycles. The number of hydrogen-bond acceptors (Lipinski definition) is 3. The van der Waals surface area contributed by atoms with Gasteiger partial charge in [0.2, 0.25) is 0 Å². The van der Waals surface area contributed by atoms with Crippen LogP contribution in [0, 0.1) is 0 Å². The van der Waals surface area contributed by atoms with Gasteiger partial charge in [-0.3, -0.25) is 0 Å². The molecule has 1 aromatic rings. The Balaban J connectivity index is 3.02. The number of benzene rings is 1. The highest BCUT2D eigenvalue weighted by Gasteiger charge is 2.19. The Hall–Kier alpha value is -0.670. The Morgan fingerprint density at radius 2 is 2.00 bits per heavy atom. The lowest BCUT2D eigenvalue weighted by molar-refractivity contribution is 0.322. The fraction of sp³-hybridized carbons (Fsp3) is 0.538. The molecule has 0 amide bonds. The van der Waals surface area contributed by atoms with Crippen LogP contribution in [-0.2, 0) is 5.41 Å². The lowest BCUT2D eigenvalue weighted by atomic mass is 9.86. The van der Waals surface area contributed by atoms with Crippen molar-refractivity contribution in [2.24, 2.45) is 0 Å². The van der Waals surface area contributed by atoms with Crippen molar-refractivity contribution in [1.82, 2.24) is 0 Å². The average Bonchev–Trinajstić information content (AvgIpc) is 2.24. The number of methoxy groups -OCH3 is 1. The molecule has 2 nitrogen and oxygen atoms in total. The maximum Gasteiger partial charge on any atom is 0.122 e. The molecule has 1 aromatic carbocycles. The number of hydrogen-bond donors (Lipinski definition) is 1. The number of rotatable bonds is 4. The van der Waals surface area contributed by atoms with Crippen LogP contribution < -0.4 is 4.74 Å². The average molecular weight is 240 g/mol. The fourth-order valence-electron chi connectivity index (χ4n) is 1.53. The molecule has 90 valence electrons. The van der Waals surface area contributed by atoms with Crippen LogP contribution in [0.3, 0.4) is 0 Å². The summed E-state index contributed by atoms with van der Waals surface area (Å²) in [5, 5.41) is 8.81. The van der Waals surface area contributed by atoms with E-state index in [9.17, 15) is 0 Å². The van der Waals surface area contributed by atoms with Crippen LogP contribution in [0.15, 0.2) is 23.1 Å². The van der Waals surface area contributed by atoms with Gasteiger partial charge in [-0.05, 0) is 23.6 Å². The molecule has 0 fully saturated rings. The van der Waals surface area contributed by atoms with E-state index < -0.39 is 0 Å². The van der Waals surface area contributed by atoms with Crippen LogP contribution in [0.2, 0.25) is 0 Å². The summed E-state index contributed by atoms with van der Waals surface area (Å²) in [5.74, 6) is 1.66. The third-order valence-corrected chi connectivity index (χ3v) is 3.31. The molecule has 1 N–H and O–H groups in total. The predicted octanol–water partition coefficient (Wildman–Crippen LogP) is 3.08. The third-order valence-electron chi connectivity index (χ3n) is 2.34. The summed E-state index contributed by atoms with van der Waals surface area (Å²) >= 11 is 1.66.